The average Bonchev–Trinajstić information content (AvgIpc) is 2.31. The second-order valence-corrected chi connectivity index (χ2v) is 5.85. The molecule has 0 aromatic carbocycles. The fourth-order valence-electron chi connectivity index (χ4n) is 1.44. The summed E-state index contributed by atoms with van der Waals surface area (Å²) in [7, 11) is 0. The zero-order valence-corrected chi connectivity index (χ0v) is 13.5. The summed E-state index contributed by atoms with van der Waals surface area (Å²) in [5.41, 5.74) is -0.632. The normalized spacial score (nSPS) is 13.7. The highest BCUT2D eigenvalue weighted by Crippen LogP contribution is 2.10. The third-order valence-corrected chi connectivity index (χ3v) is 2.34. The minimum absolute atomic E-state index is 0.0935. The van der Waals surface area contributed by atoms with E-state index in [1.54, 1.807) is 27.7 Å². The first-order chi connectivity index (χ1) is 9.56. The maximum absolute atomic E-state index is 11.7. The van der Waals surface area contributed by atoms with Crippen molar-refractivity contribution in [1.82, 2.24) is 5.32 Å². The fourth-order valence-corrected chi connectivity index (χ4v) is 1.44. The molecule has 120 valence electrons. The third kappa shape index (κ3) is 8.92. The number of hydrogen-bond acceptors (Lipinski definition) is 5. The molecule has 2 N–H and O–H groups in total. The molecule has 0 unspecified atom stereocenters. The molecule has 6 heteroatoms. The van der Waals surface area contributed by atoms with Crippen molar-refractivity contribution in [2.45, 2.75) is 59.3 Å². The number of esters is 1. The van der Waals surface area contributed by atoms with E-state index < -0.39 is 29.8 Å². The molecule has 0 aromatic heterocycles. The van der Waals surface area contributed by atoms with Crippen LogP contribution in [0.2, 0.25) is 0 Å². The van der Waals surface area contributed by atoms with Crippen molar-refractivity contribution in [2.24, 2.45) is 5.92 Å². The zero-order valence-electron chi connectivity index (χ0n) is 13.5. The van der Waals surface area contributed by atoms with E-state index in [1.165, 1.54) is 0 Å². The molecule has 0 bridgehead atoms. The van der Waals surface area contributed by atoms with E-state index in [-0.39, 0.29) is 12.5 Å². The van der Waals surface area contributed by atoms with Crippen LogP contribution < -0.4 is 5.32 Å². The second-order valence-electron chi connectivity index (χ2n) is 5.85. The van der Waals surface area contributed by atoms with Gasteiger partial charge in [-0.1, -0.05) is 19.8 Å². The predicted octanol–water partition coefficient (Wildman–Crippen LogP) is 1.46. The van der Waals surface area contributed by atoms with Crippen molar-refractivity contribution in [3.05, 3.63) is 0 Å². The number of aliphatic hydroxyl groups is 1. The molecule has 0 aliphatic rings. The van der Waals surface area contributed by atoms with E-state index in [0.29, 0.717) is 0 Å². The van der Waals surface area contributed by atoms with Gasteiger partial charge in [-0.05, 0) is 33.6 Å². The largest absolute Gasteiger partial charge is 0.456 e. The predicted molar refractivity (Wildman–Crippen MR) is 78.4 cm³/mol. The van der Waals surface area contributed by atoms with Crippen molar-refractivity contribution in [2.75, 3.05) is 6.61 Å². The first-order valence-corrected chi connectivity index (χ1v) is 6.92. The first kappa shape index (κ1) is 19.3. The van der Waals surface area contributed by atoms with Gasteiger partial charge in [0.15, 0.2) is 0 Å². The lowest BCUT2D eigenvalue weighted by molar-refractivity contribution is -0.136. The van der Waals surface area contributed by atoms with Crippen LogP contribution in [0.4, 0.5) is 4.79 Å². The van der Waals surface area contributed by atoms with Crippen LogP contribution in [0.15, 0.2) is 0 Å². The van der Waals surface area contributed by atoms with Gasteiger partial charge in [0, 0.05) is 5.92 Å². The summed E-state index contributed by atoms with van der Waals surface area (Å²) in [5, 5.41) is 12.6. The highest BCUT2D eigenvalue weighted by atomic mass is 16.6. The summed E-state index contributed by atoms with van der Waals surface area (Å²) in [5.74, 6) is 3.76. The van der Waals surface area contributed by atoms with Crippen molar-refractivity contribution in [1.29, 1.82) is 0 Å². The molecule has 0 radical (unpaired) electrons. The molecular formula is C15H25NO5. The topological polar surface area (TPSA) is 84.9 Å². The highest BCUT2D eigenvalue weighted by molar-refractivity contribution is 5.88. The van der Waals surface area contributed by atoms with Gasteiger partial charge in [0.1, 0.15) is 11.7 Å². The van der Waals surface area contributed by atoms with Crippen LogP contribution in [-0.4, -0.2) is 41.5 Å². The van der Waals surface area contributed by atoms with Crippen LogP contribution in [0, 0.1) is 17.8 Å². The van der Waals surface area contributed by atoms with E-state index in [0.717, 1.165) is 0 Å². The molecule has 0 saturated carbocycles. The van der Waals surface area contributed by atoms with Crippen LogP contribution in [0.25, 0.3) is 0 Å². The quantitative estimate of drug-likeness (QED) is 0.466. The fraction of sp³-hybridized carbons (Fsp3) is 0.733. The van der Waals surface area contributed by atoms with Crippen LogP contribution in [-0.2, 0) is 14.3 Å². The molecule has 0 aromatic rings. The lowest BCUT2D eigenvalue weighted by atomic mass is 9.99. The molecule has 2 atom stereocenters. The monoisotopic (exact) mass is 299 g/mol. The number of ether oxygens (including phenoxy) is 2. The Morgan fingerprint density at radius 3 is 2.29 bits per heavy atom. The van der Waals surface area contributed by atoms with Crippen molar-refractivity contribution in [3.8, 4) is 11.8 Å². The number of hydrogen-bond donors (Lipinski definition) is 2. The number of alkyl carbamates (subject to hydrolysis) is 1. The van der Waals surface area contributed by atoms with Crippen LogP contribution in [0.1, 0.15) is 41.5 Å². The number of aliphatic hydroxyl groups excluding tert-OH is 1. The first-order valence-electron chi connectivity index (χ1n) is 6.92. The minimum Gasteiger partial charge on any atom is -0.456 e. The SMILES string of the molecule is CCOC(=O)C#C[C@H](O)[C@@H](NC(=O)OC(C)(C)C)C(C)C. The van der Waals surface area contributed by atoms with Gasteiger partial charge in [-0.3, -0.25) is 0 Å². The van der Waals surface area contributed by atoms with Gasteiger partial charge in [-0.25, -0.2) is 9.59 Å². The van der Waals surface area contributed by atoms with E-state index in [1.807, 2.05) is 13.8 Å². The molecule has 0 heterocycles. The summed E-state index contributed by atoms with van der Waals surface area (Å²) in [6.07, 6.45) is -1.83. The van der Waals surface area contributed by atoms with Crippen molar-refractivity contribution >= 4 is 12.1 Å². The smallest absolute Gasteiger partial charge is 0.408 e. The van der Waals surface area contributed by atoms with Gasteiger partial charge in [-0.15, -0.1) is 0 Å². The Morgan fingerprint density at radius 2 is 1.86 bits per heavy atom. The summed E-state index contributed by atoms with van der Waals surface area (Å²) in [6, 6.07) is -0.651. The average molecular weight is 299 g/mol. The van der Waals surface area contributed by atoms with Gasteiger partial charge in [0.25, 0.3) is 0 Å². The maximum Gasteiger partial charge on any atom is 0.408 e. The summed E-state index contributed by atoms with van der Waals surface area (Å²) < 4.78 is 9.78. The van der Waals surface area contributed by atoms with Crippen LogP contribution in [0.3, 0.4) is 0 Å². The van der Waals surface area contributed by atoms with Gasteiger partial charge in [-0.2, -0.15) is 0 Å². The molecule has 0 aliphatic heterocycles. The summed E-state index contributed by atoms with van der Waals surface area (Å²) >= 11 is 0. The minimum atomic E-state index is -1.19. The number of carbonyl (C=O) groups is 2. The maximum atomic E-state index is 11.7. The van der Waals surface area contributed by atoms with E-state index >= 15 is 0 Å². The summed E-state index contributed by atoms with van der Waals surface area (Å²) in [6.45, 7) is 10.7. The Balaban J connectivity index is 4.75. The Hall–Kier alpha value is -1.74. The van der Waals surface area contributed by atoms with Crippen LogP contribution >= 0.6 is 0 Å². The number of rotatable bonds is 4. The summed E-state index contributed by atoms with van der Waals surface area (Å²) in [4.78, 5) is 22.9. The van der Waals surface area contributed by atoms with Gasteiger partial charge in [0.05, 0.1) is 12.6 Å². The lowest BCUT2D eigenvalue weighted by Gasteiger charge is -2.27. The highest BCUT2D eigenvalue weighted by Gasteiger charge is 2.26. The molecule has 0 spiro atoms. The van der Waals surface area contributed by atoms with Crippen LogP contribution in [0.5, 0.6) is 0 Å². The number of nitrogens with one attached hydrogen (secondary N) is 1. The van der Waals surface area contributed by atoms with Crippen molar-refractivity contribution < 1.29 is 24.2 Å². The Bertz CT molecular complexity index is 414. The molecule has 1 amide bonds. The molecular weight excluding hydrogens is 274 g/mol. The van der Waals surface area contributed by atoms with E-state index in [9.17, 15) is 14.7 Å². The molecule has 0 saturated heterocycles. The molecule has 21 heavy (non-hydrogen) atoms. The Labute approximate surface area is 126 Å². The Morgan fingerprint density at radius 1 is 1.29 bits per heavy atom. The lowest BCUT2D eigenvalue weighted by Crippen LogP contribution is -2.48. The number of carbonyl (C=O) groups excluding carboxylic acids is 2. The van der Waals surface area contributed by atoms with Gasteiger partial charge >= 0.3 is 12.1 Å². The number of amides is 1. The van der Waals surface area contributed by atoms with Gasteiger partial charge < -0.3 is 19.9 Å². The van der Waals surface area contributed by atoms with E-state index in [4.69, 9.17) is 4.74 Å². The van der Waals surface area contributed by atoms with Crippen molar-refractivity contribution in [3.63, 3.8) is 0 Å². The molecule has 0 aliphatic carbocycles. The van der Waals surface area contributed by atoms with Gasteiger partial charge in [0.2, 0.25) is 0 Å². The third-order valence-electron chi connectivity index (χ3n) is 2.34. The molecule has 0 rings (SSSR count). The molecule has 0 fully saturated rings. The zero-order chi connectivity index (χ0) is 16.6. The molecule has 6 nitrogen and oxygen atoms in total. The standard InChI is InChI=1S/C15H25NO5/c1-7-20-12(18)9-8-11(17)13(10(2)3)16-14(19)21-15(4,5)6/h10-11,13,17H,7H2,1-6H3,(H,16,19)/t11-,13-/m0/s1. The van der Waals surface area contributed by atoms with E-state index in [2.05, 4.69) is 21.9 Å². The second kappa shape index (κ2) is 8.53. The Kier molecular flexibility index (Phi) is 7.82.